The number of hydrogen-bond donors (Lipinski definition) is 1. The van der Waals surface area contributed by atoms with Gasteiger partial charge in [-0.25, -0.2) is 9.78 Å². The number of likely N-dealkylation sites (tertiary alicyclic amines) is 1. The monoisotopic (exact) mass is 428 g/mol. The third-order valence-electron chi connectivity index (χ3n) is 5.37. The SMILES string of the molecule is COc1ccc(C(NC(=O)C2CCN(C(=O)OC(C)(C)C)CC2)c2nccn2C)cc1. The van der Waals surface area contributed by atoms with Crippen molar-refractivity contribution in [3.8, 4) is 5.75 Å². The third-order valence-corrected chi connectivity index (χ3v) is 5.37. The summed E-state index contributed by atoms with van der Waals surface area (Å²) in [5.74, 6) is 1.31. The van der Waals surface area contributed by atoms with Crippen LogP contribution in [0.25, 0.3) is 0 Å². The van der Waals surface area contributed by atoms with E-state index in [0.717, 1.165) is 17.1 Å². The van der Waals surface area contributed by atoms with Gasteiger partial charge in [0.05, 0.1) is 7.11 Å². The molecule has 2 amide bonds. The van der Waals surface area contributed by atoms with E-state index in [1.807, 2.05) is 62.8 Å². The van der Waals surface area contributed by atoms with Crippen molar-refractivity contribution in [2.24, 2.45) is 13.0 Å². The van der Waals surface area contributed by atoms with Gasteiger partial charge in [0.25, 0.3) is 0 Å². The predicted octanol–water partition coefficient (Wildman–Crippen LogP) is 3.28. The van der Waals surface area contributed by atoms with Crippen LogP contribution in [0.2, 0.25) is 0 Å². The van der Waals surface area contributed by atoms with Gasteiger partial charge < -0.3 is 24.3 Å². The van der Waals surface area contributed by atoms with Crippen molar-refractivity contribution in [2.75, 3.05) is 20.2 Å². The standard InChI is InChI=1S/C23H32N4O4/c1-23(2,3)31-22(29)27-13-10-17(11-14-27)21(28)25-19(20-24-12-15-26(20)4)16-6-8-18(30-5)9-7-16/h6-9,12,15,17,19H,10-11,13-14H2,1-5H3,(H,25,28). The Morgan fingerprint density at radius 1 is 1.16 bits per heavy atom. The van der Waals surface area contributed by atoms with E-state index in [1.165, 1.54) is 0 Å². The quantitative estimate of drug-likeness (QED) is 0.790. The summed E-state index contributed by atoms with van der Waals surface area (Å²) in [6.07, 6.45) is 4.45. The molecule has 2 aromatic rings. The van der Waals surface area contributed by atoms with E-state index in [4.69, 9.17) is 9.47 Å². The number of rotatable bonds is 5. The number of nitrogens with zero attached hydrogens (tertiary/aromatic N) is 3. The maximum atomic E-state index is 13.1. The Morgan fingerprint density at radius 3 is 2.32 bits per heavy atom. The molecule has 1 aliphatic rings. The van der Waals surface area contributed by atoms with E-state index in [1.54, 1.807) is 18.2 Å². The zero-order valence-electron chi connectivity index (χ0n) is 18.9. The van der Waals surface area contributed by atoms with Gasteiger partial charge in [-0.3, -0.25) is 4.79 Å². The summed E-state index contributed by atoms with van der Waals surface area (Å²) in [4.78, 5) is 31.5. The lowest BCUT2D eigenvalue weighted by molar-refractivity contribution is -0.127. The second-order valence-corrected chi connectivity index (χ2v) is 8.85. The molecule has 168 valence electrons. The Bertz CT molecular complexity index is 893. The highest BCUT2D eigenvalue weighted by Gasteiger charge is 2.31. The first-order valence-corrected chi connectivity index (χ1v) is 10.6. The number of imidazole rings is 1. The lowest BCUT2D eigenvalue weighted by atomic mass is 9.95. The largest absolute Gasteiger partial charge is 0.497 e. The fraction of sp³-hybridized carbons (Fsp3) is 0.522. The van der Waals surface area contributed by atoms with Crippen LogP contribution in [-0.2, 0) is 16.6 Å². The van der Waals surface area contributed by atoms with Crippen LogP contribution in [0.4, 0.5) is 4.79 Å². The van der Waals surface area contributed by atoms with Gasteiger partial charge in [0.1, 0.15) is 23.2 Å². The maximum Gasteiger partial charge on any atom is 0.410 e. The number of piperidine rings is 1. The van der Waals surface area contributed by atoms with E-state index in [2.05, 4.69) is 10.3 Å². The Hall–Kier alpha value is -3.03. The maximum absolute atomic E-state index is 13.1. The molecule has 0 spiro atoms. The minimum absolute atomic E-state index is 0.0346. The number of ether oxygens (including phenoxy) is 2. The molecule has 31 heavy (non-hydrogen) atoms. The van der Waals surface area contributed by atoms with Gasteiger partial charge in [-0.2, -0.15) is 0 Å². The molecule has 1 unspecified atom stereocenters. The predicted molar refractivity (Wildman–Crippen MR) is 117 cm³/mol. The number of nitrogens with one attached hydrogen (secondary N) is 1. The van der Waals surface area contributed by atoms with Gasteiger partial charge in [0, 0.05) is 38.4 Å². The van der Waals surface area contributed by atoms with Crippen molar-refractivity contribution in [3.63, 3.8) is 0 Å². The highest BCUT2D eigenvalue weighted by Crippen LogP contribution is 2.25. The molecular weight excluding hydrogens is 396 g/mol. The molecule has 1 aromatic heterocycles. The summed E-state index contributed by atoms with van der Waals surface area (Å²) in [6.45, 7) is 6.55. The molecule has 0 radical (unpaired) electrons. The number of carbonyl (C=O) groups is 2. The van der Waals surface area contributed by atoms with Crippen LogP contribution >= 0.6 is 0 Å². The Labute approximate surface area is 183 Å². The number of aromatic nitrogens is 2. The third kappa shape index (κ3) is 5.77. The first-order chi connectivity index (χ1) is 14.7. The van der Waals surface area contributed by atoms with Crippen molar-refractivity contribution < 1.29 is 19.1 Å². The van der Waals surface area contributed by atoms with Gasteiger partial charge in [-0.05, 0) is 51.3 Å². The van der Waals surface area contributed by atoms with Crippen molar-refractivity contribution in [2.45, 2.75) is 45.3 Å². The van der Waals surface area contributed by atoms with Gasteiger partial charge in [0.15, 0.2) is 0 Å². The lowest BCUT2D eigenvalue weighted by Gasteiger charge is -2.33. The average Bonchev–Trinajstić information content (AvgIpc) is 3.16. The zero-order valence-corrected chi connectivity index (χ0v) is 18.9. The number of methoxy groups -OCH3 is 1. The molecule has 1 N–H and O–H groups in total. The van der Waals surface area contributed by atoms with E-state index >= 15 is 0 Å². The molecule has 8 nitrogen and oxygen atoms in total. The van der Waals surface area contributed by atoms with Crippen LogP contribution in [0.1, 0.15) is 51.0 Å². The molecule has 1 atom stereocenters. The minimum atomic E-state index is -0.529. The first kappa shape index (κ1) is 22.7. The average molecular weight is 429 g/mol. The van der Waals surface area contributed by atoms with Crippen LogP contribution < -0.4 is 10.1 Å². The summed E-state index contributed by atoms with van der Waals surface area (Å²) < 4.78 is 12.6. The number of carbonyl (C=O) groups excluding carboxylic acids is 2. The van der Waals surface area contributed by atoms with E-state index in [0.29, 0.717) is 25.9 Å². The summed E-state index contributed by atoms with van der Waals surface area (Å²) in [5.41, 5.74) is 0.397. The Morgan fingerprint density at radius 2 is 1.81 bits per heavy atom. The molecule has 1 fully saturated rings. The van der Waals surface area contributed by atoms with Crippen LogP contribution in [0, 0.1) is 5.92 Å². The summed E-state index contributed by atoms with van der Waals surface area (Å²) >= 11 is 0. The van der Waals surface area contributed by atoms with Gasteiger partial charge in [-0.15, -0.1) is 0 Å². The van der Waals surface area contributed by atoms with Gasteiger partial charge >= 0.3 is 6.09 Å². The van der Waals surface area contributed by atoms with Crippen molar-refractivity contribution in [3.05, 3.63) is 48.0 Å². The number of amides is 2. The zero-order chi connectivity index (χ0) is 22.6. The van der Waals surface area contributed by atoms with Crippen LogP contribution in [0.5, 0.6) is 5.75 Å². The number of benzene rings is 1. The topological polar surface area (TPSA) is 85.7 Å². The van der Waals surface area contributed by atoms with Gasteiger partial charge in [-0.1, -0.05) is 12.1 Å². The molecule has 0 saturated carbocycles. The molecule has 8 heteroatoms. The van der Waals surface area contributed by atoms with Crippen LogP contribution in [-0.4, -0.2) is 52.3 Å². The minimum Gasteiger partial charge on any atom is -0.497 e. The Kier molecular flexibility index (Phi) is 6.87. The number of aryl methyl sites for hydroxylation is 1. The molecule has 1 aromatic carbocycles. The summed E-state index contributed by atoms with van der Waals surface area (Å²) in [6, 6.07) is 7.24. The van der Waals surface area contributed by atoms with Crippen molar-refractivity contribution in [1.29, 1.82) is 0 Å². The van der Waals surface area contributed by atoms with Gasteiger partial charge in [0.2, 0.25) is 5.91 Å². The molecule has 0 bridgehead atoms. The Balaban J connectivity index is 1.67. The van der Waals surface area contributed by atoms with Crippen molar-refractivity contribution in [1.82, 2.24) is 19.8 Å². The fourth-order valence-corrected chi connectivity index (χ4v) is 3.66. The first-order valence-electron chi connectivity index (χ1n) is 10.6. The highest BCUT2D eigenvalue weighted by atomic mass is 16.6. The second-order valence-electron chi connectivity index (χ2n) is 8.85. The summed E-state index contributed by atoms with van der Waals surface area (Å²) in [7, 11) is 3.53. The van der Waals surface area contributed by atoms with Crippen LogP contribution in [0.15, 0.2) is 36.7 Å². The van der Waals surface area contributed by atoms with Crippen molar-refractivity contribution >= 4 is 12.0 Å². The molecule has 1 saturated heterocycles. The van der Waals surface area contributed by atoms with E-state index in [-0.39, 0.29) is 24.0 Å². The molecule has 2 heterocycles. The normalized spacial score (nSPS) is 16.0. The summed E-state index contributed by atoms with van der Waals surface area (Å²) in [5, 5.41) is 3.17. The molecule has 1 aliphatic heterocycles. The highest BCUT2D eigenvalue weighted by molar-refractivity contribution is 5.80. The molecule has 0 aliphatic carbocycles. The molecule has 3 rings (SSSR count). The molecular formula is C23H32N4O4. The van der Waals surface area contributed by atoms with E-state index < -0.39 is 5.60 Å². The number of hydrogen-bond acceptors (Lipinski definition) is 5. The van der Waals surface area contributed by atoms with E-state index in [9.17, 15) is 9.59 Å². The smallest absolute Gasteiger partial charge is 0.410 e. The van der Waals surface area contributed by atoms with Crippen LogP contribution in [0.3, 0.4) is 0 Å². The fourth-order valence-electron chi connectivity index (χ4n) is 3.66. The second kappa shape index (κ2) is 9.41. The lowest BCUT2D eigenvalue weighted by Crippen LogP contribution is -2.45.